The average Bonchev–Trinajstić information content (AvgIpc) is 3.25. The first-order chi connectivity index (χ1) is 12.6. The number of nitrogens with zero attached hydrogens (tertiary/aromatic N) is 5. The van der Waals surface area contributed by atoms with E-state index >= 15 is 0 Å². The lowest BCUT2D eigenvalue weighted by atomic mass is 9.88. The quantitative estimate of drug-likeness (QED) is 0.806. The molecule has 0 bridgehead atoms. The van der Waals surface area contributed by atoms with Gasteiger partial charge in [0.1, 0.15) is 6.42 Å². The number of amides is 2. The van der Waals surface area contributed by atoms with Crippen LogP contribution in [0.3, 0.4) is 0 Å². The van der Waals surface area contributed by atoms with Gasteiger partial charge in [0.15, 0.2) is 5.82 Å². The Morgan fingerprint density at radius 2 is 2.27 bits per heavy atom. The Morgan fingerprint density at radius 1 is 1.38 bits per heavy atom. The van der Waals surface area contributed by atoms with Gasteiger partial charge >= 0.3 is 0 Å². The highest BCUT2D eigenvalue weighted by molar-refractivity contribution is 5.83. The molecule has 26 heavy (non-hydrogen) atoms. The van der Waals surface area contributed by atoms with E-state index in [0.29, 0.717) is 31.3 Å². The van der Waals surface area contributed by atoms with E-state index in [-0.39, 0.29) is 30.1 Å². The van der Waals surface area contributed by atoms with Gasteiger partial charge in [0.05, 0.1) is 5.92 Å². The van der Waals surface area contributed by atoms with Crippen LogP contribution in [0.2, 0.25) is 0 Å². The summed E-state index contributed by atoms with van der Waals surface area (Å²) in [5.74, 6) is 1.04. The van der Waals surface area contributed by atoms with Crippen molar-refractivity contribution in [3.05, 3.63) is 41.8 Å². The summed E-state index contributed by atoms with van der Waals surface area (Å²) < 4.78 is 5.03. The Morgan fingerprint density at radius 3 is 3.00 bits per heavy atom. The van der Waals surface area contributed by atoms with Crippen LogP contribution < -0.4 is 0 Å². The molecule has 0 aromatic carbocycles. The topological polar surface area (TPSA) is 92.4 Å². The van der Waals surface area contributed by atoms with Crippen molar-refractivity contribution < 1.29 is 14.1 Å². The normalized spacial score (nSPS) is 22.6. The third-order valence-electron chi connectivity index (χ3n) is 5.16. The molecule has 4 heterocycles. The summed E-state index contributed by atoms with van der Waals surface area (Å²) in [6.07, 6.45) is 4.52. The number of piperidine rings is 1. The van der Waals surface area contributed by atoms with Gasteiger partial charge in [-0.1, -0.05) is 11.2 Å². The molecule has 2 aromatic rings. The SMILES string of the molecule is Cc1noc(CC(=O)N2C[C@H]3CCN(Cc4cccnc4)C(=O)[C@@H]3C2)n1. The van der Waals surface area contributed by atoms with Gasteiger partial charge in [-0.05, 0) is 30.9 Å². The van der Waals surface area contributed by atoms with Gasteiger partial charge in [0, 0.05) is 38.6 Å². The predicted octanol–water partition coefficient (Wildman–Crippen LogP) is 0.823. The Balaban J connectivity index is 1.38. The molecule has 0 N–H and O–H groups in total. The van der Waals surface area contributed by atoms with E-state index in [2.05, 4.69) is 15.1 Å². The second-order valence-corrected chi connectivity index (χ2v) is 6.99. The minimum atomic E-state index is -0.117. The van der Waals surface area contributed by atoms with Gasteiger partial charge in [-0.3, -0.25) is 14.6 Å². The smallest absolute Gasteiger partial charge is 0.236 e. The molecule has 2 aliphatic heterocycles. The number of fused-ring (bicyclic) bond motifs is 1. The molecule has 0 spiro atoms. The fourth-order valence-corrected chi connectivity index (χ4v) is 3.84. The van der Waals surface area contributed by atoms with Crippen molar-refractivity contribution >= 4 is 11.8 Å². The highest BCUT2D eigenvalue weighted by Crippen LogP contribution is 2.33. The molecular weight excluding hydrogens is 334 g/mol. The second kappa shape index (κ2) is 6.86. The first kappa shape index (κ1) is 16.7. The molecular formula is C18H21N5O3. The van der Waals surface area contributed by atoms with E-state index in [1.54, 1.807) is 24.2 Å². The fraction of sp³-hybridized carbons (Fsp3) is 0.500. The summed E-state index contributed by atoms with van der Waals surface area (Å²) in [7, 11) is 0. The van der Waals surface area contributed by atoms with Crippen molar-refractivity contribution in [2.45, 2.75) is 26.3 Å². The summed E-state index contributed by atoms with van der Waals surface area (Å²) in [4.78, 5) is 37.2. The van der Waals surface area contributed by atoms with E-state index in [1.807, 2.05) is 17.0 Å². The average molecular weight is 355 g/mol. The molecule has 136 valence electrons. The summed E-state index contributed by atoms with van der Waals surface area (Å²) in [6, 6.07) is 3.85. The monoisotopic (exact) mass is 355 g/mol. The summed E-state index contributed by atoms with van der Waals surface area (Å²) >= 11 is 0. The van der Waals surface area contributed by atoms with Gasteiger partial charge < -0.3 is 14.3 Å². The van der Waals surface area contributed by atoms with Crippen LogP contribution in [0.5, 0.6) is 0 Å². The first-order valence-corrected chi connectivity index (χ1v) is 8.85. The number of rotatable bonds is 4. The largest absolute Gasteiger partial charge is 0.341 e. The number of hydrogen-bond acceptors (Lipinski definition) is 6. The van der Waals surface area contributed by atoms with Crippen molar-refractivity contribution in [2.75, 3.05) is 19.6 Å². The molecule has 4 rings (SSSR count). The molecule has 2 saturated heterocycles. The van der Waals surface area contributed by atoms with E-state index in [1.165, 1.54) is 0 Å². The zero-order valence-electron chi connectivity index (χ0n) is 14.7. The van der Waals surface area contributed by atoms with E-state index in [4.69, 9.17) is 4.52 Å². The Kier molecular flexibility index (Phi) is 4.40. The van der Waals surface area contributed by atoms with Crippen molar-refractivity contribution in [3.63, 3.8) is 0 Å². The fourth-order valence-electron chi connectivity index (χ4n) is 3.84. The maximum atomic E-state index is 12.9. The lowest BCUT2D eigenvalue weighted by molar-refractivity contribution is -0.140. The van der Waals surface area contributed by atoms with Crippen LogP contribution in [0.25, 0.3) is 0 Å². The number of aryl methyl sites for hydroxylation is 1. The van der Waals surface area contributed by atoms with Crippen molar-refractivity contribution in [2.24, 2.45) is 11.8 Å². The Bertz CT molecular complexity index is 806. The molecule has 0 aliphatic carbocycles. The zero-order chi connectivity index (χ0) is 18.1. The van der Waals surface area contributed by atoms with E-state index in [9.17, 15) is 9.59 Å². The Labute approximate surface area is 151 Å². The molecule has 0 radical (unpaired) electrons. The molecule has 2 aromatic heterocycles. The maximum absolute atomic E-state index is 12.9. The standard InChI is InChI=1S/C18H21N5O3/c1-12-20-16(26-21-12)7-17(24)23-10-14-4-6-22(18(25)15(14)11-23)9-13-3-2-5-19-8-13/h2-3,5,8,14-15H,4,6-7,9-11H2,1H3/t14-,15-/m1/s1. The molecule has 2 atom stereocenters. The molecule has 2 aliphatic rings. The highest BCUT2D eigenvalue weighted by Gasteiger charge is 2.44. The number of pyridine rings is 1. The predicted molar refractivity (Wildman–Crippen MR) is 90.6 cm³/mol. The summed E-state index contributed by atoms with van der Waals surface area (Å²) in [5, 5.41) is 3.71. The van der Waals surface area contributed by atoms with Crippen LogP contribution in [0.15, 0.2) is 29.0 Å². The minimum Gasteiger partial charge on any atom is -0.341 e. The van der Waals surface area contributed by atoms with Crippen LogP contribution in [-0.4, -0.2) is 56.4 Å². The number of likely N-dealkylation sites (tertiary alicyclic amines) is 2. The molecule has 8 heteroatoms. The van der Waals surface area contributed by atoms with Crippen LogP contribution in [-0.2, 0) is 22.6 Å². The zero-order valence-corrected chi connectivity index (χ0v) is 14.7. The molecule has 0 unspecified atom stereocenters. The lowest BCUT2D eigenvalue weighted by Crippen LogP contribution is -2.44. The minimum absolute atomic E-state index is 0.0605. The highest BCUT2D eigenvalue weighted by atomic mass is 16.5. The molecule has 2 fully saturated rings. The Hall–Kier alpha value is -2.77. The maximum Gasteiger partial charge on any atom is 0.236 e. The van der Waals surface area contributed by atoms with Gasteiger partial charge in [0.25, 0.3) is 0 Å². The van der Waals surface area contributed by atoms with E-state index in [0.717, 1.165) is 18.5 Å². The number of carbonyl (C=O) groups excluding carboxylic acids is 2. The third-order valence-corrected chi connectivity index (χ3v) is 5.16. The van der Waals surface area contributed by atoms with Gasteiger partial charge in [-0.25, -0.2) is 0 Å². The van der Waals surface area contributed by atoms with E-state index < -0.39 is 0 Å². The molecule has 2 amide bonds. The number of aromatic nitrogens is 3. The van der Waals surface area contributed by atoms with Crippen molar-refractivity contribution in [1.82, 2.24) is 24.9 Å². The second-order valence-electron chi connectivity index (χ2n) is 6.99. The summed E-state index contributed by atoms with van der Waals surface area (Å²) in [5.41, 5.74) is 1.02. The van der Waals surface area contributed by atoms with Crippen LogP contribution in [0.1, 0.15) is 23.7 Å². The van der Waals surface area contributed by atoms with Crippen molar-refractivity contribution in [3.8, 4) is 0 Å². The summed E-state index contributed by atoms with van der Waals surface area (Å²) in [6.45, 7) is 4.12. The number of hydrogen-bond donors (Lipinski definition) is 0. The molecule has 0 saturated carbocycles. The third kappa shape index (κ3) is 3.31. The van der Waals surface area contributed by atoms with Crippen LogP contribution in [0.4, 0.5) is 0 Å². The van der Waals surface area contributed by atoms with Crippen LogP contribution in [0, 0.1) is 18.8 Å². The van der Waals surface area contributed by atoms with Gasteiger partial charge in [-0.2, -0.15) is 4.98 Å². The number of carbonyl (C=O) groups is 2. The van der Waals surface area contributed by atoms with Crippen molar-refractivity contribution in [1.29, 1.82) is 0 Å². The van der Waals surface area contributed by atoms with Crippen LogP contribution >= 0.6 is 0 Å². The molecule has 8 nitrogen and oxygen atoms in total. The van der Waals surface area contributed by atoms with Gasteiger partial charge in [-0.15, -0.1) is 0 Å². The first-order valence-electron chi connectivity index (χ1n) is 8.85. The lowest BCUT2D eigenvalue weighted by Gasteiger charge is -2.33. The van der Waals surface area contributed by atoms with Gasteiger partial charge in [0.2, 0.25) is 17.7 Å².